The van der Waals surface area contributed by atoms with Gasteiger partial charge in [0.1, 0.15) is 0 Å². The molecular weight excluding hydrogens is 248 g/mol. The van der Waals surface area contributed by atoms with E-state index in [4.69, 9.17) is 5.73 Å². The molecule has 7 nitrogen and oxygen atoms in total. The predicted octanol–water partition coefficient (Wildman–Crippen LogP) is -0.108. The number of nitrogens with two attached hydrogens (primary N) is 1. The van der Waals surface area contributed by atoms with E-state index in [9.17, 15) is 14.4 Å². The van der Waals surface area contributed by atoms with Gasteiger partial charge < -0.3 is 11.1 Å². The highest BCUT2D eigenvalue weighted by Gasteiger charge is 2.14. The second kappa shape index (κ2) is 5.07. The molecule has 1 heterocycles. The number of nitrogens with one attached hydrogen (secondary N) is 3. The van der Waals surface area contributed by atoms with Gasteiger partial charge in [-0.2, -0.15) is 0 Å². The van der Waals surface area contributed by atoms with Crippen LogP contribution >= 0.6 is 0 Å². The van der Waals surface area contributed by atoms with Gasteiger partial charge in [-0.05, 0) is 18.6 Å². The molecule has 0 aliphatic heterocycles. The summed E-state index contributed by atoms with van der Waals surface area (Å²) < 4.78 is 0. The van der Waals surface area contributed by atoms with Gasteiger partial charge in [0, 0.05) is 0 Å². The van der Waals surface area contributed by atoms with E-state index in [-0.39, 0.29) is 16.5 Å². The zero-order valence-corrected chi connectivity index (χ0v) is 10.3. The van der Waals surface area contributed by atoms with Gasteiger partial charge in [0.15, 0.2) is 0 Å². The van der Waals surface area contributed by atoms with Gasteiger partial charge >= 0.3 is 0 Å². The number of fused-ring (bicyclic) bond motifs is 1. The van der Waals surface area contributed by atoms with Crippen LogP contribution in [-0.2, 0) is 4.79 Å². The first-order valence-electron chi connectivity index (χ1n) is 5.84. The monoisotopic (exact) mass is 262 g/mol. The molecule has 0 fully saturated rings. The fourth-order valence-electron chi connectivity index (χ4n) is 1.74. The third kappa shape index (κ3) is 2.41. The molecule has 0 saturated carbocycles. The Morgan fingerprint density at radius 3 is 2.68 bits per heavy atom. The van der Waals surface area contributed by atoms with Crippen molar-refractivity contribution in [2.24, 2.45) is 5.73 Å². The molecule has 7 heteroatoms. The SMILES string of the molecule is CCC(N)C(=O)Nc1cccc2c(=O)[nH][nH]c(=O)c12. The number of anilines is 1. The van der Waals surface area contributed by atoms with Gasteiger partial charge in [-0.1, -0.05) is 13.0 Å². The van der Waals surface area contributed by atoms with E-state index in [1.807, 2.05) is 0 Å². The first-order chi connectivity index (χ1) is 9.04. The third-order valence-electron chi connectivity index (χ3n) is 2.86. The smallest absolute Gasteiger partial charge is 0.272 e. The molecule has 2 rings (SSSR count). The summed E-state index contributed by atoms with van der Waals surface area (Å²) in [5.74, 6) is -0.394. The van der Waals surface area contributed by atoms with E-state index >= 15 is 0 Å². The van der Waals surface area contributed by atoms with Crippen molar-refractivity contribution in [2.45, 2.75) is 19.4 Å². The summed E-state index contributed by atoms with van der Waals surface area (Å²) in [6.45, 7) is 1.78. The molecule has 1 unspecified atom stereocenters. The van der Waals surface area contributed by atoms with Crippen molar-refractivity contribution in [1.29, 1.82) is 0 Å². The highest BCUT2D eigenvalue weighted by atomic mass is 16.2. The van der Waals surface area contributed by atoms with E-state index < -0.39 is 23.1 Å². The molecule has 0 aliphatic carbocycles. The van der Waals surface area contributed by atoms with E-state index in [0.29, 0.717) is 6.42 Å². The molecule has 0 aliphatic rings. The Balaban J connectivity index is 2.56. The van der Waals surface area contributed by atoms with Gasteiger partial charge in [0.2, 0.25) is 5.91 Å². The molecular formula is C12H14N4O3. The van der Waals surface area contributed by atoms with Gasteiger partial charge in [-0.3, -0.25) is 24.6 Å². The van der Waals surface area contributed by atoms with Crippen LogP contribution in [0.25, 0.3) is 10.8 Å². The van der Waals surface area contributed by atoms with E-state index in [0.717, 1.165) is 0 Å². The lowest BCUT2D eigenvalue weighted by Crippen LogP contribution is -2.35. The largest absolute Gasteiger partial charge is 0.324 e. The summed E-state index contributed by atoms with van der Waals surface area (Å²) in [4.78, 5) is 35.1. The zero-order chi connectivity index (χ0) is 14.0. The number of aromatic amines is 2. The van der Waals surface area contributed by atoms with Crippen LogP contribution in [0.4, 0.5) is 5.69 Å². The summed E-state index contributed by atoms with van der Waals surface area (Å²) in [7, 11) is 0. The summed E-state index contributed by atoms with van der Waals surface area (Å²) >= 11 is 0. The molecule has 0 spiro atoms. The molecule has 1 atom stereocenters. The molecule has 0 radical (unpaired) electrons. The summed E-state index contributed by atoms with van der Waals surface area (Å²) in [6.07, 6.45) is 0.480. The molecule has 1 aromatic carbocycles. The van der Waals surface area contributed by atoms with Crippen LogP contribution in [-0.4, -0.2) is 22.1 Å². The Kier molecular flexibility index (Phi) is 3.48. The van der Waals surface area contributed by atoms with E-state index in [1.165, 1.54) is 6.07 Å². The van der Waals surface area contributed by atoms with Crippen molar-refractivity contribution in [3.05, 3.63) is 38.9 Å². The number of H-pyrrole nitrogens is 2. The predicted molar refractivity (Wildman–Crippen MR) is 72.1 cm³/mol. The van der Waals surface area contributed by atoms with Crippen LogP contribution in [0.1, 0.15) is 13.3 Å². The van der Waals surface area contributed by atoms with Gasteiger partial charge in [0.25, 0.3) is 11.1 Å². The topological polar surface area (TPSA) is 121 Å². The molecule has 1 amide bonds. The van der Waals surface area contributed by atoms with Crippen LogP contribution in [0.15, 0.2) is 27.8 Å². The van der Waals surface area contributed by atoms with Gasteiger partial charge in [-0.25, -0.2) is 0 Å². The number of carbonyl (C=O) groups excluding carboxylic acids is 1. The average molecular weight is 262 g/mol. The minimum atomic E-state index is -0.656. The summed E-state index contributed by atoms with van der Waals surface area (Å²) in [5.41, 5.74) is 4.99. The lowest BCUT2D eigenvalue weighted by Gasteiger charge is -2.11. The standard InChI is InChI=1S/C12H14N4O3/c1-2-7(13)11(18)14-8-5-3-4-6-9(8)12(19)16-15-10(6)17/h3-5,7H,2,13H2,1H3,(H,14,18)(H,15,17)(H,16,19). The number of aromatic nitrogens is 2. The Bertz CT molecular complexity index is 732. The second-order valence-corrected chi connectivity index (χ2v) is 4.14. The highest BCUT2D eigenvalue weighted by Crippen LogP contribution is 2.16. The minimum absolute atomic E-state index is 0.142. The fraction of sp³-hybridized carbons (Fsp3) is 0.250. The van der Waals surface area contributed by atoms with Crippen molar-refractivity contribution in [3.8, 4) is 0 Å². The van der Waals surface area contributed by atoms with Crippen LogP contribution in [0.2, 0.25) is 0 Å². The first kappa shape index (κ1) is 13.0. The van der Waals surface area contributed by atoms with Crippen LogP contribution < -0.4 is 22.2 Å². The van der Waals surface area contributed by atoms with E-state index in [1.54, 1.807) is 19.1 Å². The second-order valence-electron chi connectivity index (χ2n) is 4.14. The molecule has 5 N–H and O–H groups in total. The number of benzene rings is 1. The summed E-state index contributed by atoms with van der Waals surface area (Å²) in [6, 6.07) is 4.00. The van der Waals surface area contributed by atoms with Crippen LogP contribution in [0.5, 0.6) is 0 Å². The van der Waals surface area contributed by atoms with Crippen LogP contribution in [0.3, 0.4) is 0 Å². The normalized spacial score (nSPS) is 12.3. The quantitative estimate of drug-likeness (QED) is 0.616. The average Bonchev–Trinajstić information content (AvgIpc) is 2.42. The molecule has 2 aromatic rings. The summed E-state index contributed by atoms with van der Waals surface area (Å²) in [5, 5.41) is 7.37. The number of hydrogen-bond donors (Lipinski definition) is 4. The molecule has 100 valence electrons. The maximum Gasteiger partial charge on any atom is 0.272 e. The zero-order valence-electron chi connectivity index (χ0n) is 10.3. The number of hydrogen-bond acceptors (Lipinski definition) is 4. The van der Waals surface area contributed by atoms with E-state index in [2.05, 4.69) is 15.5 Å². The van der Waals surface area contributed by atoms with Gasteiger partial charge in [-0.15, -0.1) is 0 Å². The van der Waals surface area contributed by atoms with Crippen molar-refractivity contribution < 1.29 is 4.79 Å². The van der Waals surface area contributed by atoms with Crippen molar-refractivity contribution in [3.63, 3.8) is 0 Å². The third-order valence-corrected chi connectivity index (χ3v) is 2.86. The molecule has 19 heavy (non-hydrogen) atoms. The van der Waals surface area contributed by atoms with Crippen molar-refractivity contribution in [1.82, 2.24) is 10.2 Å². The number of rotatable bonds is 3. The number of amides is 1. The Labute approximate surface area is 107 Å². The van der Waals surface area contributed by atoms with Crippen molar-refractivity contribution in [2.75, 3.05) is 5.32 Å². The Hall–Kier alpha value is -2.41. The van der Waals surface area contributed by atoms with Crippen molar-refractivity contribution >= 4 is 22.4 Å². The molecule has 1 aromatic heterocycles. The Morgan fingerprint density at radius 1 is 1.32 bits per heavy atom. The highest BCUT2D eigenvalue weighted by molar-refractivity contribution is 6.03. The first-order valence-corrected chi connectivity index (χ1v) is 5.84. The fourth-order valence-corrected chi connectivity index (χ4v) is 1.74. The minimum Gasteiger partial charge on any atom is -0.324 e. The maximum atomic E-state index is 11.8. The Morgan fingerprint density at radius 2 is 2.00 bits per heavy atom. The molecule has 0 bridgehead atoms. The lowest BCUT2D eigenvalue weighted by molar-refractivity contribution is -0.117. The van der Waals surface area contributed by atoms with Gasteiger partial charge in [0.05, 0.1) is 22.5 Å². The maximum absolute atomic E-state index is 11.8. The molecule has 0 saturated heterocycles. The lowest BCUT2D eigenvalue weighted by atomic mass is 10.1. The van der Waals surface area contributed by atoms with Crippen LogP contribution in [0, 0.1) is 0 Å². The number of carbonyl (C=O) groups is 1.